The van der Waals surface area contributed by atoms with Gasteiger partial charge in [-0.2, -0.15) is 8.78 Å². The van der Waals surface area contributed by atoms with E-state index in [0.717, 1.165) is 17.0 Å². The van der Waals surface area contributed by atoms with Crippen molar-refractivity contribution in [2.24, 2.45) is 0 Å². The number of alkyl halides is 2. The highest BCUT2D eigenvalue weighted by atomic mass is 19.3. The van der Waals surface area contributed by atoms with E-state index < -0.39 is 6.61 Å². The zero-order valence-electron chi connectivity index (χ0n) is 16.2. The number of benzene rings is 1. The molecule has 0 saturated heterocycles. The van der Waals surface area contributed by atoms with Crippen LogP contribution in [0.25, 0.3) is 11.4 Å². The van der Waals surface area contributed by atoms with Crippen molar-refractivity contribution in [2.45, 2.75) is 13.0 Å². The summed E-state index contributed by atoms with van der Waals surface area (Å²) in [4.78, 5) is 8.60. The van der Waals surface area contributed by atoms with Gasteiger partial charge >= 0.3 is 6.61 Å². The molecule has 4 aromatic rings. The molecule has 4 heterocycles. The lowest BCUT2D eigenvalue weighted by Gasteiger charge is -2.12. The molecule has 0 saturated carbocycles. The van der Waals surface area contributed by atoms with Crippen molar-refractivity contribution in [3.05, 3.63) is 71.7 Å². The van der Waals surface area contributed by atoms with Gasteiger partial charge in [0.2, 0.25) is 5.88 Å². The molecule has 1 aliphatic heterocycles. The molecule has 0 fully saturated rings. The zero-order valence-corrected chi connectivity index (χ0v) is 16.2. The van der Waals surface area contributed by atoms with E-state index in [4.69, 9.17) is 4.74 Å². The monoisotopic (exact) mass is 420 g/mol. The maximum atomic E-state index is 12.7. The predicted octanol–water partition coefficient (Wildman–Crippen LogP) is 2.76. The molecular weight excluding hydrogens is 406 g/mol. The summed E-state index contributed by atoms with van der Waals surface area (Å²) in [6, 6.07) is 8.21. The van der Waals surface area contributed by atoms with Gasteiger partial charge in [0, 0.05) is 30.3 Å². The van der Waals surface area contributed by atoms with E-state index in [1.807, 2.05) is 10.6 Å². The van der Waals surface area contributed by atoms with Crippen LogP contribution in [0.3, 0.4) is 0 Å². The van der Waals surface area contributed by atoms with E-state index in [2.05, 4.69) is 36.9 Å². The van der Waals surface area contributed by atoms with Gasteiger partial charge in [-0.05, 0) is 24.1 Å². The van der Waals surface area contributed by atoms with Crippen LogP contribution in [0.4, 0.5) is 8.78 Å². The molecule has 5 rings (SSSR count). The fourth-order valence-electron chi connectivity index (χ4n) is 3.37. The van der Waals surface area contributed by atoms with Crippen LogP contribution in [-0.4, -0.2) is 43.3 Å². The number of rotatable bonds is 3. The van der Waals surface area contributed by atoms with Crippen LogP contribution in [-0.2, 0) is 6.42 Å². The highest BCUT2D eigenvalue weighted by Crippen LogP contribution is 2.31. The lowest BCUT2D eigenvalue weighted by Crippen LogP contribution is -2.06. The van der Waals surface area contributed by atoms with Crippen molar-refractivity contribution >= 4 is 0 Å². The Morgan fingerprint density at radius 2 is 1.97 bits per heavy atom. The second-order valence-electron chi connectivity index (χ2n) is 6.59. The highest BCUT2D eigenvalue weighted by Gasteiger charge is 2.23. The smallest absolute Gasteiger partial charge is 0.387 e. The van der Waals surface area contributed by atoms with Crippen LogP contribution in [0.1, 0.15) is 22.6 Å². The van der Waals surface area contributed by atoms with Gasteiger partial charge in [-0.15, -0.1) is 5.10 Å². The molecular formula is C21H14F2N6O2. The summed E-state index contributed by atoms with van der Waals surface area (Å²) >= 11 is 0. The summed E-state index contributed by atoms with van der Waals surface area (Å²) in [7, 11) is 1.55. The molecule has 0 amide bonds. The number of nitrogens with zero attached hydrogens (tertiary/aromatic N) is 6. The summed E-state index contributed by atoms with van der Waals surface area (Å²) in [5, 5.41) is 8.08. The molecule has 10 heteroatoms. The Hall–Kier alpha value is -4.26. The number of aromatic nitrogens is 6. The third-order valence-electron chi connectivity index (χ3n) is 4.77. The first-order chi connectivity index (χ1) is 15.1. The average Bonchev–Trinajstić information content (AvgIpc) is 3.37. The number of imidazole rings is 1. The van der Waals surface area contributed by atoms with Crippen molar-refractivity contribution in [3.8, 4) is 34.8 Å². The van der Waals surface area contributed by atoms with Gasteiger partial charge in [0.25, 0.3) is 0 Å². The Morgan fingerprint density at radius 3 is 2.74 bits per heavy atom. The van der Waals surface area contributed by atoms with Gasteiger partial charge in [-0.25, -0.2) is 14.6 Å². The average molecular weight is 420 g/mol. The standard InChI is InChI=1S/C21H14F2N6O2/c1-30-20-7-3-13(10-24-20)2-5-16-18-8-14-11-26-27-29(14)19-9-15(31-21(22)23)4-6-17(19)28(18)12-25-16/h3-4,6-7,9-12,21H,8H2,1H3. The van der Waals surface area contributed by atoms with Crippen LogP contribution >= 0.6 is 0 Å². The molecule has 0 aliphatic carbocycles. The van der Waals surface area contributed by atoms with E-state index in [1.54, 1.807) is 42.6 Å². The van der Waals surface area contributed by atoms with Crippen molar-refractivity contribution in [2.75, 3.05) is 7.11 Å². The Kier molecular flexibility index (Phi) is 4.55. The number of pyridine rings is 1. The van der Waals surface area contributed by atoms with Crippen LogP contribution < -0.4 is 9.47 Å². The Bertz CT molecular complexity index is 1320. The first kappa shape index (κ1) is 18.7. The van der Waals surface area contributed by atoms with Gasteiger partial charge < -0.3 is 9.47 Å². The minimum absolute atomic E-state index is 0.0331. The van der Waals surface area contributed by atoms with Crippen molar-refractivity contribution in [3.63, 3.8) is 0 Å². The van der Waals surface area contributed by atoms with E-state index >= 15 is 0 Å². The normalized spacial score (nSPS) is 11.6. The number of hydrogen-bond donors (Lipinski definition) is 0. The molecule has 0 N–H and O–H groups in total. The molecule has 3 aromatic heterocycles. The second kappa shape index (κ2) is 7.53. The maximum absolute atomic E-state index is 12.7. The van der Waals surface area contributed by atoms with Gasteiger partial charge in [-0.1, -0.05) is 11.1 Å². The third-order valence-corrected chi connectivity index (χ3v) is 4.77. The number of halogens is 2. The van der Waals surface area contributed by atoms with Crippen molar-refractivity contribution in [1.29, 1.82) is 0 Å². The molecule has 1 aliphatic rings. The first-order valence-electron chi connectivity index (χ1n) is 9.20. The fourth-order valence-corrected chi connectivity index (χ4v) is 3.37. The van der Waals surface area contributed by atoms with Gasteiger partial charge in [0.15, 0.2) is 0 Å². The highest BCUT2D eigenvalue weighted by molar-refractivity contribution is 5.59. The molecule has 154 valence electrons. The third kappa shape index (κ3) is 3.46. The summed E-state index contributed by atoms with van der Waals surface area (Å²) in [6.07, 6.45) is 5.35. The zero-order chi connectivity index (χ0) is 21.4. The van der Waals surface area contributed by atoms with Crippen LogP contribution in [0.5, 0.6) is 11.6 Å². The van der Waals surface area contributed by atoms with Gasteiger partial charge in [0.1, 0.15) is 17.8 Å². The molecule has 8 nitrogen and oxygen atoms in total. The SMILES string of the molecule is COc1ccc(C#Cc2ncn3c2Cc2cnnn2-c2cc(OC(F)F)ccc2-3)cn1. The van der Waals surface area contributed by atoms with E-state index in [0.29, 0.717) is 29.4 Å². The molecule has 0 radical (unpaired) electrons. The maximum Gasteiger partial charge on any atom is 0.387 e. The van der Waals surface area contributed by atoms with Crippen LogP contribution in [0.15, 0.2) is 49.1 Å². The van der Waals surface area contributed by atoms with E-state index in [1.165, 1.54) is 12.1 Å². The Morgan fingerprint density at radius 1 is 1.06 bits per heavy atom. The summed E-state index contributed by atoms with van der Waals surface area (Å²) in [6.45, 7) is -2.92. The lowest BCUT2D eigenvalue weighted by atomic mass is 10.2. The fraction of sp³-hybridized carbons (Fsp3) is 0.143. The van der Waals surface area contributed by atoms with E-state index in [9.17, 15) is 8.78 Å². The number of ether oxygens (including phenoxy) is 2. The second-order valence-corrected chi connectivity index (χ2v) is 6.59. The molecule has 31 heavy (non-hydrogen) atoms. The molecule has 0 spiro atoms. The summed E-state index contributed by atoms with van der Waals surface area (Å²) in [5.74, 6) is 6.69. The van der Waals surface area contributed by atoms with E-state index in [-0.39, 0.29) is 5.75 Å². The van der Waals surface area contributed by atoms with Crippen LogP contribution in [0, 0.1) is 11.8 Å². The van der Waals surface area contributed by atoms with Crippen molar-refractivity contribution in [1.82, 2.24) is 29.5 Å². The quantitative estimate of drug-likeness (QED) is 0.418. The molecule has 0 atom stereocenters. The van der Waals surface area contributed by atoms with Crippen LogP contribution in [0.2, 0.25) is 0 Å². The topological polar surface area (TPSA) is 79.9 Å². The summed E-state index contributed by atoms with van der Waals surface area (Å²) in [5.41, 5.74) is 4.16. The molecule has 1 aromatic carbocycles. The van der Waals surface area contributed by atoms with Gasteiger partial charge in [0.05, 0.1) is 36.1 Å². The lowest BCUT2D eigenvalue weighted by molar-refractivity contribution is -0.0498. The minimum atomic E-state index is -2.92. The van der Waals surface area contributed by atoms with Crippen molar-refractivity contribution < 1.29 is 18.3 Å². The first-order valence-corrected chi connectivity index (χ1v) is 9.20. The Balaban J connectivity index is 1.59. The minimum Gasteiger partial charge on any atom is -0.481 e. The Labute approximate surface area is 175 Å². The predicted molar refractivity (Wildman–Crippen MR) is 105 cm³/mol. The number of fused-ring (bicyclic) bond motifs is 5. The number of hydrogen-bond acceptors (Lipinski definition) is 6. The summed E-state index contributed by atoms with van der Waals surface area (Å²) < 4.78 is 38.4. The van der Waals surface area contributed by atoms with Gasteiger partial charge in [-0.3, -0.25) is 4.57 Å². The molecule has 0 unspecified atom stereocenters. The number of methoxy groups -OCH3 is 1. The molecule has 0 bridgehead atoms. The largest absolute Gasteiger partial charge is 0.481 e.